The standard InChI is InChI=1S/C10H20O/c1-3-4-5-6-7-8-10(2)9-11/h9-10H,3-8H2,1-2H3/t10-/m0/s1. The highest BCUT2D eigenvalue weighted by Gasteiger charge is 1.97. The summed E-state index contributed by atoms with van der Waals surface area (Å²) < 4.78 is 0. The Kier molecular flexibility index (Phi) is 7.54. The van der Waals surface area contributed by atoms with Gasteiger partial charge in [-0.1, -0.05) is 46.0 Å². The van der Waals surface area contributed by atoms with Crippen LogP contribution >= 0.6 is 0 Å². The first-order valence-corrected chi connectivity index (χ1v) is 4.76. The Bertz CT molecular complexity index is 88.9. The van der Waals surface area contributed by atoms with Crippen LogP contribution in [0.25, 0.3) is 0 Å². The molecule has 0 saturated carbocycles. The Balaban J connectivity index is 2.95. The Morgan fingerprint density at radius 3 is 2.36 bits per heavy atom. The molecule has 0 aromatic rings. The van der Waals surface area contributed by atoms with Crippen LogP contribution in [0, 0.1) is 5.92 Å². The molecule has 0 aromatic heterocycles. The second-order valence-corrected chi connectivity index (χ2v) is 3.32. The van der Waals surface area contributed by atoms with Crippen molar-refractivity contribution in [3.05, 3.63) is 0 Å². The van der Waals surface area contributed by atoms with Crippen molar-refractivity contribution in [3.8, 4) is 0 Å². The van der Waals surface area contributed by atoms with Gasteiger partial charge in [0.2, 0.25) is 0 Å². The lowest BCUT2D eigenvalue weighted by Gasteiger charge is -2.01. The molecule has 0 spiro atoms. The third kappa shape index (κ3) is 7.57. The summed E-state index contributed by atoms with van der Waals surface area (Å²) in [5.74, 6) is 0.275. The Hall–Kier alpha value is -0.330. The van der Waals surface area contributed by atoms with Crippen molar-refractivity contribution in [2.45, 2.75) is 52.4 Å². The SMILES string of the molecule is CCCCCCC[C@H](C)C=O. The van der Waals surface area contributed by atoms with Crippen LogP contribution in [0.1, 0.15) is 52.4 Å². The lowest BCUT2D eigenvalue weighted by Crippen LogP contribution is -1.94. The topological polar surface area (TPSA) is 17.1 Å². The van der Waals surface area contributed by atoms with Crippen molar-refractivity contribution in [3.63, 3.8) is 0 Å². The number of carbonyl (C=O) groups is 1. The third-order valence-electron chi connectivity index (χ3n) is 2.00. The van der Waals surface area contributed by atoms with Crippen LogP contribution in [-0.4, -0.2) is 6.29 Å². The molecule has 0 aliphatic rings. The summed E-state index contributed by atoms with van der Waals surface area (Å²) in [4.78, 5) is 10.2. The van der Waals surface area contributed by atoms with E-state index in [1.54, 1.807) is 0 Å². The van der Waals surface area contributed by atoms with Crippen molar-refractivity contribution in [1.29, 1.82) is 0 Å². The molecule has 0 fully saturated rings. The van der Waals surface area contributed by atoms with Gasteiger partial charge in [0.05, 0.1) is 0 Å². The molecule has 0 unspecified atom stereocenters. The van der Waals surface area contributed by atoms with Crippen LogP contribution < -0.4 is 0 Å². The highest BCUT2D eigenvalue weighted by molar-refractivity contribution is 5.52. The van der Waals surface area contributed by atoms with E-state index in [-0.39, 0.29) is 5.92 Å². The first-order valence-electron chi connectivity index (χ1n) is 4.76. The van der Waals surface area contributed by atoms with E-state index >= 15 is 0 Å². The minimum Gasteiger partial charge on any atom is -0.303 e. The molecule has 0 aliphatic heterocycles. The minimum atomic E-state index is 0.275. The summed E-state index contributed by atoms with van der Waals surface area (Å²) in [6.45, 7) is 4.21. The molecule has 1 atom stereocenters. The van der Waals surface area contributed by atoms with Crippen molar-refractivity contribution in [2.75, 3.05) is 0 Å². The average molecular weight is 156 g/mol. The molecule has 66 valence electrons. The normalized spacial score (nSPS) is 12.9. The van der Waals surface area contributed by atoms with Gasteiger partial charge in [0.1, 0.15) is 6.29 Å². The van der Waals surface area contributed by atoms with E-state index in [0.29, 0.717) is 0 Å². The molecule has 0 amide bonds. The summed E-state index contributed by atoms with van der Waals surface area (Å²) in [6.07, 6.45) is 8.62. The van der Waals surface area contributed by atoms with E-state index in [4.69, 9.17) is 0 Å². The van der Waals surface area contributed by atoms with Crippen LogP contribution in [0.5, 0.6) is 0 Å². The van der Waals surface area contributed by atoms with Crippen LogP contribution in [0.15, 0.2) is 0 Å². The maximum Gasteiger partial charge on any atom is 0.122 e. The first kappa shape index (κ1) is 10.7. The minimum absolute atomic E-state index is 0.275. The molecule has 0 saturated heterocycles. The van der Waals surface area contributed by atoms with Gasteiger partial charge in [-0.05, 0) is 6.42 Å². The summed E-state index contributed by atoms with van der Waals surface area (Å²) in [5, 5.41) is 0. The zero-order valence-corrected chi connectivity index (χ0v) is 7.81. The van der Waals surface area contributed by atoms with Crippen LogP contribution in [-0.2, 0) is 4.79 Å². The fourth-order valence-corrected chi connectivity index (χ4v) is 1.14. The third-order valence-corrected chi connectivity index (χ3v) is 2.00. The molecule has 0 rings (SSSR count). The lowest BCUT2D eigenvalue weighted by molar-refractivity contribution is -0.110. The van der Waals surface area contributed by atoms with Gasteiger partial charge in [-0.25, -0.2) is 0 Å². The smallest absolute Gasteiger partial charge is 0.122 e. The van der Waals surface area contributed by atoms with Crippen molar-refractivity contribution in [1.82, 2.24) is 0 Å². The first-order chi connectivity index (χ1) is 5.31. The van der Waals surface area contributed by atoms with Gasteiger partial charge in [-0.3, -0.25) is 0 Å². The molecular weight excluding hydrogens is 136 g/mol. The van der Waals surface area contributed by atoms with E-state index < -0.39 is 0 Å². The highest BCUT2D eigenvalue weighted by atomic mass is 16.1. The largest absolute Gasteiger partial charge is 0.303 e. The average Bonchev–Trinajstić information content (AvgIpc) is 2.04. The molecule has 0 bridgehead atoms. The van der Waals surface area contributed by atoms with Gasteiger partial charge in [0, 0.05) is 5.92 Å². The van der Waals surface area contributed by atoms with E-state index in [1.807, 2.05) is 6.92 Å². The lowest BCUT2D eigenvalue weighted by atomic mass is 10.0. The molecule has 0 radical (unpaired) electrons. The van der Waals surface area contributed by atoms with Gasteiger partial charge >= 0.3 is 0 Å². The molecule has 0 aromatic carbocycles. The van der Waals surface area contributed by atoms with Gasteiger partial charge in [0.15, 0.2) is 0 Å². The summed E-state index contributed by atoms with van der Waals surface area (Å²) in [7, 11) is 0. The highest BCUT2D eigenvalue weighted by Crippen LogP contribution is 2.09. The number of unbranched alkanes of at least 4 members (excludes halogenated alkanes) is 4. The number of rotatable bonds is 7. The second kappa shape index (κ2) is 7.77. The Morgan fingerprint density at radius 1 is 1.18 bits per heavy atom. The number of hydrogen-bond donors (Lipinski definition) is 0. The van der Waals surface area contributed by atoms with Crippen molar-refractivity contribution >= 4 is 6.29 Å². The molecular formula is C10H20O. The summed E-state index contributed by atoms with van der Waals surface area (Å²) in [5.41, 5.74) is 0. The Morgan fingerprint density at radius 2 is 1.82 bits per heavy atom. The van der Waals surface area contributed by atoms with Gasteiger partial charge in [-0.15, -0.1) is 0 Å². The van der Waals surface area contributed by atoms with Crippen LogP contribution in [0.4, 0.5) is 0 Å². The second-order valence-electron chi connectivity index (χ2n) is 3.32. The zero-order chi connectivity index (χ0) is 8.53. The zero-order valence-electron chi connectivity index (χ0n) is 7.81. The van der Waals surface area contributed by atoms with Crippen LogP contribution in [0.2, 0.25) is 0 Å². The van der Waals surface area contributed by atoms with E-state index in [9.17, 15) is 4.79 Å². The molecule has 0 aliphatic carbocycles. The van der Waals surface area contributed by atoms with Gasteiger partial charge < -0.3 is 4.79 Å². The van der Waals surface area contributed by atoms with Crippen molar-refractivity contribution < 1.29 is 4.79 Å². The number of hydrogen-bond acceptors (Lipinski definition) is 1. The Labute approximate surface area is 70.2 Å². The predicted octanol–water partition coefficient (Wildman–Crippen LogP) is 3.18. The maximum atomic E-state index is 10.2. The quantitative estimate of drug-likeness (QED) is 0.408. The monoisotopic (exact) mass is 156 g/mol. The molecule has 11 heavy (non-hydrogen) atoms. The van der Waals surface area contributed by atoms with Gasteiger partial charge in [-0.2, -0.15) is 0 Å². The fourth-order valence-electron chi connectivity index (χ4n) is 1.14. The predicted molar refractivity (Wildman–Crippen MR) is 48.6 cm³/mol. The number of aldehydes is 1. The van der Waals surface area contributed by atoms with Gasteiger partial charge in [0.25, 0.3) is 0 Å². The van der Waals surface area contributed by atoms with E-state index in [0.717, 1.165) is 12.7 Å². The van der Waals surface area contributed by atoms with Crippen LogP contribution in [0.3, 0.4) is 0 Å². The fraction of sp³-hybridized carbons (Fsp3) is 0.900. The summed E-state index contributed by atoms with van der Waals surface area (Å²) in [6, 6.07) is 0. The van der Waals surface area contributed by atoms with E-state index in [2.05, 4.69) is 6.92 Å². The van der Waals surface area contributed by atoms with Crippen molar-refractivity contribution in [2.24, 2.45) is 5.92 Å². The molecule has 1 nitrogen and oxygen atoms in total. The molecule has 1 heteroatoms. The summed E-state index contributed by atoms with van der Waals surface area (Å²) >= 11 is 0. The van der Waals surface area contributed by atoms with E-state index in [1.165, 1.54) is 32.1 Å². The number of carbonyl (C=O) groups excluding carboxylic acids is 1. The maximum absolute atomic E-state index is 10.2. The molecule has 0 heterocycles. The molecule has 0 N–H and O–H groups in total.